The third-order valence-electron chi connectivity index (χ3n) is 7.99. The lowest BCUT2D eigenvalue weighted by molar-refractivity contribution is -0.116. The number of hydrogen-bond donors (Lipinski definition) is 1. The van der Waals surface area contributed by atoms with Gasteiger partial charge in [-0.3, -0.25) is 0 Å². The molecular formula is C34H52N2O6Si. The van der Waals surface area contributed by atoms with Crippen LogP contribution in [0.3, 0.4) is 0 Å². The molecule has 0 saturated carbocycles. The van der Waals surface area contributed by atoms with Crippen molar-refractivity contribution >= 4 is 26.8 Å². The maximum absolute atomic E-state index is 13.5. The van der Waals surface area contributed by atoms with Crippen molar-refractivity contribution in [2.45, 2.75) is 123 Å². The van der Waals surface area contributed by atoms with Crippen LogP contribution in [0, 0.1) is 0 Å². The van der Waals surface area contributed by atoms with Gasteiger partial charge < -0.3 is 18.7 Å². The first-order valence-electron chi connectivity index (χ1n) is 15.6. The van der Waals surface area contributed by atoms with Gasteiger partial charge in [0, 0.05) is 0 Å². The third kappa shape index (κ3) is 12.9. The van der Waals surface area contributed by atoms with E-state index in [0.29, 0.717) is 12.7 Å². The quantitative estimate of drug-likeness (QED) is 0.0832. The molecule has 0 fully saturated rings. The largest absolute Gasteiger partial charge is 0.443 e. The second-order valence-electron chi connectivity index (χ2n) is 12.5. The fourth-order valence-electron chi connectivity index (χ4n) is 4.36. The topological polar surface area (TPSA) is 94.2 Å². The van der Waals surface area contributed by atoms with E-state index in [9.17, 15) is 14.4 Å². The van der Waals surface area contributed by atoms with Crippen LogP contribution in [0.2, 0.25) is 18.1 Å². The molecule has 0 aliphatic carbocycles. The number of carbonyl (C=O) groups excluding carboxylic acids is 3. The molecule has 8 nitrogen and oxygen atoms in total. The molecule has 0 bridgehead atoms. The number of unbranched alkanes of at least 4 members (excludes halogenated alkanes) is 6. The number of nitrogens with zero attached hydrogens (tertiary/aromatic N) is 1. The Hall–Kier alpha value is -3.17. The normalized spacial score (nSPS) is 13.1. The summed E-state index contributed by atoms with van der Waals surface area (Å²) in [5.74, 6) is 0. The van der Waals surface area contributed by atoms with E-state index < -0.39 is 32.6 Å². The molecule has 1 N–H and O–H groups in total. The molecule has 2 amide bonds. The van der Waals surface area contributed by atoms with Crippen molar-refractivity contribution in [3.8, 4) is 0 Å². The zero-order valence-corrected chi connectivity index (χ0v) is 28.0. The number of hydrogen-bond acceptors (Lipinski definition) is 6. The van der Waals surface area contributed by atoms with Gasteiger partial charge in [0.05, 0.1) is 6.10 Å². The van der Waals surface area contributed by atoms with Crippen molar-refractivity contribution < 1.29 is 28.3 Å². The van der Waals surface area contributed by atoms with E-state index >= 15 is 0 Å². The van der Waals surface area contributed by atoms with Crippen LogP contribution >= 0.6 is 0 Å². The molecule has 0 unspecified atom stereocenters. The summed E-state index contributed by atoms with van der Waals surface area (Å²) in [6.07, 6.45) is 6.62. The molecule has 0 aromatic heterocycles. The Bertz CT molecular complexity index is 1090. The SMILES string of the molecule is CCCCCCCCC[C@@H](O[Si](C)(C)C(C)(C)C)[C@H](C=O)N(NC(=O)OCc1ccccc1)C(=O)OCc1ccccc1. The Morgan fingerprint density at radius 3 is 1.86 bits per heavy atom. The lowest BCUT2D eigenvalue weighted by atomic mass is 10.0. The van der Waals surface area contributed by atoms with Gasteiger partial charge >= 0.3 is 12.2 Å². The van der Waals surface area contributed by atoms with Crippen LogP contribution in [0.25, 0.3) is 0 Å². The average Bonchev–Trinajstić information content (AvgIpc) is 2.98. The Kier molecular flexibility index (Phi) is 15.5. The van der Waals surface area contributed by atoms with Crippen LogP contribution in [-0.4, -0.2) is 43.9 Å². The van der Waals surface area contributed by atoms with Crippen LogP contribution in [-0.2, 0) is 31.9 Å². The minimum atomic E-state index is -2.37. The molecular weight excluding hydrogens is 560 g/mol. The average molecular weight is 613 g/mol. The first-order chi connectivity index (χ1) is 20.5. The van der Waals surface area contributed by atoms with E-state index in [0.717, 1.165) is 35.4 Å². The van der Waals surface area contributed by atoms with Gasteiger partial charge in [0.1, 0.15) is 25.5 Å². The number of rotatable bonds is 17. The predicted octanol–water partition coefficient (Wildman–Crippen LogP) is 8.57. The monoisotopic (exact) mass is 612 g/mol. The highest BCUT2D eigenvalue weighted by atomic mass is 28.4. The van der Waals surface area contributed by atoms with E-state index in [4.69, 9.17) is 13.9 Å². The van der Waals surface area contributed by atoms with Gasteiger partial charge in [0.15, 0.2) is 8.32 Å². The number of carbonyl (C=O) groups is 3. The second-order valence-corrected chi connectivity index (χ2v) is 17.3. The van der Waals surface area contributed by atoms with Gasteiger partial charge in [-0.05, 0) is 35.7 Å². The summed E-state index contributed by atoms with van der Waals surface area (Å²) < 4.78 is 17.7. The fourth-order valence-corrected chi connectivity index (χ4v) is 5.72. The van der Waals surface area contributed by atoms with Gasteiger partial charge in [-0.25, -0.2) is 20.0 Å². The molecule has 0 saturated heterocycles. The number of hydrazine groups is 1. The molecule has 43 heavy (non-hydrogen) atoms. The minimum Gasteiger partial charge on any atom is -0.443 e. The maximum Gasteiger partial charge on any atom is 0.429 e. The zero-order valence-electron chi connectivity index (χ0n) is 27.0. The van der Waals surface area contributed by atoms with Gasteiger partial charge in [0.2, 0.25) is 0 Å². The van der Waals surface area contributed by atoms with E-state index in [1.54, 1.807) is 0 Å². The summed E-state index contributed by atoms with van der Waals surface area (Å²) in [6.45, 7) is 12.8. The van der Waals surface area contributed by atoms with Crippen molar-refractivity contribution in [1.29, 1.82) is 0 Å². The van der Waals surface area contributed by atoms with Crippen LogP contribution in [0.5, 0.6) is 0 Å². The number of nitrogens with one attached hydrogen (secondary N) is 1. The molecule has 2 atom stereocenters. The number of benzene rings is 2. The van der Waals surface area contributed by atoms with Crippen molar-refractivity contribution in [3.05, 3.63) is 71.8 Å². The second kappa shape index (κ2) is 18.5. The summed E-state index contributed by atoms with van der Waals surface area (Å²) in [5, 5.41) is 0.821. The standard InChI is InChI=1S/C34H52N2O6Si/c1-7-8-9-10-11-12-19-24-31(42-43(5,6)34(2,3)4)30(25-37)36(33(39)41-27-29-22-17-14-18-23-29)35-32(38)40-26-28-20-15-13-16-21-28/h13-18,20-23,25,30-31H,7-12,19,24,26-27H2,1-6H3,(H,35,38)/t30-,31+/m0/s1. The minimum absolute atomic E-state index is 0.00720. The van der Waals surface area contributed by atoms with Gasteiger partial charge in [-0.1, -0.05) is 133 Å². The highest BCUT2D eigenvalue weighted by Crippen LogP contribution is 2.38. The molecule has 0 aliphatic heterocycles. The number of aldehydes is 1. The molecule has 0 aliphatic rings. The molecule has 2 aromatic rings. The van der Waals surface area contributed by atoms with Crippen molar-refractivity contribution in [1.82, 2.24) is 10.4 Å². The first kappa shape index (κ1) is 36.0. The van der Waals surface area contributed by atoms with Crippen LogP contribution in [0.15, 0.2) is 60.7 Å². The summed E-state index contributed by atoms with van der Waals surface area (Å²) in [7, 11) is -2.37. The van der Waals surface area contributed by atoms with Gasteiger partial charge in [-0.15, -0.1) is 0 Å². The number of ether oxygens (including phenoxy) is 2. The molecule has 9 heteroatoms. The maximum atomic E-state index is 13.5. The lowest BCUT2D eigenvalue weighted by Crippen LogP contribution is -2.59. The van der Waals surface area contributed by atoms with E-state index in [2.05, 4.69) is 46.2 Å². The first-order valence-corrected chi connectivity index (χ1v) is 18.5. The third-order valence-corrected chi connectivity index (χ3v) is 12.5. The fraction of sp³-hybridized carbons (Fsp3) is 0.559. The zero-order chi connectivity index (χ0) is 31.7. The Labute approximate surface area is 259 Å². The smallest absolute Gasteiger partial charge is 0.429 e. The van der Waals surface area contributed by atoms with Crippen molar-refractivity contribution in [3.63, 3.8) is 0 Å². The van der Waals surface area contributed by atoms with Gasteiger partial charge in [0.25, 0.3) is 0 Å². The molecule has 2 rings (SSSR count). The van der Waals surface area contributed by atoms with Crippen molar-refractivity contribution in [2.24, 2.45) is 0 Å². The predicted molar refractivity (Wildman–Crippen MR) is 173 cm³/mol. The Morgan fingerprint density at radius 2 is 1.35 bits per heavy atom. The van der Waals surface area contributed by atoms with Crippen LogP contribution in [0.1, 0.15) is 90.2 Å². The Morgan fingerprint density at radius 1 is 0.837 bits per heavy atom. The van der Waals surface area contributed by atoms with E-state index in [-0.39, 0.29) is 18.3 Å². The van der Waals surface area contributed by atoms with Crippen LogP contribution < -0.4 is 5.43 Å². The molecule has 0 heterocycles. The summed E-state index contributed by atoms with van der Waals surface area (Å²) in [5.41, 5.74) is 4.08. The van der Waals surface area contributed by atoms with E-state index in [1.807, 2.05) is 60.7 Å². The van der Waals surface area contributed by atoms with Gasteiger partial charge in [-0.2, -0.15) is 0 Å². The molecule has 2 aromatic carbocycles. The highest BCUT2D eigenvalue weighted by Gasteiger charge is 2.43. The lowest BCUT2D eigenvalue weighted by Gasteiger charge is -2.42. The molecule has 0 radical (unpaired) electrons. The van der Waals surface area contributed by atoms with E-state index in [1.165, 1.54) is 25.7 Å². The summed E-state index contributed by atoms with van der Waals surface area (Å²) >= 11 is 0. The van der Waals surface area contributed by atoms with Crippen molar-refractivity contribution in [2.75, 3.05) is 0 Å². The summed E-state index contributed by atoms with van der Waals surface area (Å²) in [6, 6.07) is 17.4. The molecule has 0 spiro atoms. The Balaban J connectivity index is 2.27. The molecule has 238 valence electrons. The highest BCUT2D eigenvalue weighted by molar-refractivity contribution is 6.74. The number of amides is 2. The van der Waals surface area contributed by atoms with Crippen LogP contribution in [0.4, 0.5) is 9.59 Å². The summed E-state index contributed by atoms with van der Waals surface area (Å²) in [4.78, 5) is 39.2.